The summed E-state index contributed by atoms with van der Waals surface area (Å²) in [5.41, 5.74) is 7.15. The van der Waals surface area contributed by atoms with Crippen LogP contribution in [-0.4, -0.2) is 41.5 Å². The van der Waals surface area contributed by atoms with Crippen LogP contribution >= 0.6 is 0 Å². The summed E-state index contributed by atoms with van der Waals surface area (Å²) in [6.07, 6.45) is 4.41. The van der Waals surface area contributed by atoms with Crippen molar-refractivity contribution in [2.24, 2.45) is 5.73 Å². The molecule has 1 aliphatic rings. The van der Waals surface area contributed by atoms with Crippen molar-refractivity contribution in [1.29, 1.82) is 5.41 Å². The standard InChI is InChI=1S/C14H22N4O/c1-2-18(10-12-4-3-7-19-12)9-11-5-6-17-13(8-11)14(15)16/h5-6,8,12H,2-4,7,9-10H2,1H3,(H3,15,16). The number of nitrogens with zero attached hydrogens (tertiary/aromatic N) is 2. The predicted octanol–water partition coefficient (Wildman–Crippen LogP) is 1.37. The van der Waals surface area contributed by atoms with E-state index in [1.165, 1.54) is 6.42 Å². The number of pyridine rings is 1. The average molecular weight is 262 g/mol. The molecule has 0 amide bonds. The summed E-state index contributed by atoms with van der Waals surface area (Å²) in [6, 6.07) is 3.87. The highest BCUT2D eigenvalue weighted by Gasteiger charge is 2.18. The number of aromatic nitrogens is 1. The lowest BCUT2D eigenvalue weighted by atomic mass is 10.2. The van der Waals surface area contributed by atoms with Gasteiger partial charge in [-0.2, -0.15) is 0 Å². The fraction of sp³-hybridized carbons (Fsp3) is 0.571. The van der Waals surface area contributed by atoms with Gasteiger partial charge in [-0.3, -0.25) is 15.3 Å². The second kappa shape index (κ2) is 6.63. The molecule has 104 valence electrons. The average Bonchev–Trinajstić information content (AvgIpc) is 2.91. The van der Waals surface area contributed by atoms with Gasteiger partial charge in [0.05, 0.1) is 6.10 Å². The molecule has 2 rings (SSSR count). The quantitative estimate of drug-likeness (QED) is 0.599. The van der Waals surface area contributed by atoms with Crippen molar-refractivity contribution in [3.8, 4) is 0 Å². The molecule has 1 aromatic heterocycles. The topological polar surface area (TPSA) is 75.2 Å². The lowest BCUT2D eigenvalue weighted by Gasteiger charge is -2.23. The molecule has 1 unspecified atom stereocenters. The zero-order valence-corrected chi connectivity index (χ0v) is 11.4. The van der Waals surface area contributed by atoms with E-state index < -0.39 is 0 Å². The lowest BCUT2D eigenvalue weighted by molar-refractivity contribution is 0.0725. The lowest BCUT2D eigenvalue weighted by Crippen LogP contribution is -2.31. The summed E-state index contributed by atoms with van der Waals surface area (Å²) >= 11 is 0. The maximum Gasteiger partial charge on any atom is 0.141 e. The van der Waals surface area contributed by atoms with Gasteiger partial charge in [0.1, 0.15) is 11.5 Å². The van der Waals surface area contributed by atoms with E-state index in [9.17, 15) is 0 Å². The number of nitrogen functional groups attached to an aromatic ring is 1. The number of amidine groups is 1. The summed E-state index contributed by atoms with van der Waals surface area (Å²) in [6.45, 7) is 5.85. The number of rotatable bonds is 6. The van der Waals surface area contributed by atoms with Crippen molar-refractivity contribution in [2.75, 3.05) is 19.7 Å². The Morgan fingerprint density at radius 2 is 2.47 bits per heavy atom. The van der Waals surface area contributed by atoms with Crippen LogP contribution in [0.15, 0.2) is 18.3 Å². The first-order chi connectivity index (χ1) is 9.19. The van der Waals surface area contributed by atoms with Crippen molar-refractivity contribution >= 4 is 5.84 Å². The van der Waals surface area contributed by atoms with E-state index in [-0.39, 0.29) is 5.84 Å². The Labute approximate surface area is 114 Å². The van der Waals surface area contributed by atoms with Crippen LogP contribution in [0.3, 0.4) is 0 Å². The van der Waals surface area contributed by atoms with Gasteiger partial charge < -0.3 is 10.5 Å². The first kappa shape index (κ1) is 14.0. The van der Waals surface area contributed by atoms with E-state index in [4.69, 9.17) is 15.9 Å². The monoisotopic (exact) mass is 262 g/mol. The van der Waals surface area contributed by atoms with E-state index >= 15 is 0 Å². The molecule has 19 heavy (non-hydrogen) atoms. The van der Waals surface area contributed by atoms with E-state index in [1.807, 2.05) is 12.1 Å². The van der Waals surface area contributed by atoms with Crippen LogP contribution in [0.4, 0.5) is 0 Å². The third-order valence-electron chi connectivity index (χ3n) is 3.44. The SMILES string of the molecule is CCN(Cc1ccnc(C(=N)N)c1)CC1CCCO1. The molecule has 1 atom stereocenters. The van der Waals surface area contributed by atoms with Gasteiger partial charge in [-0.15, -0.1) is 0 Å². The van der Waals surface area contributed by atoms with Crippen LogP contribution in [0.1, 0.15) is 31.0 Å². The van der Waals surface area contributed by atoms with E-state index in [0.717, 1.165) is 38.2 Å². The van der Waals surface area contributed by atoms with Gasteiger partial charge in [0.2, 0.25) is 0 Å². The van der Waals surface area contributed by atoms with Crippen molar-refractivity contribution in [3.05, 3.63) is 29.6 Å². The maximum atomic E-state index is 7.42. The molecule has 0 aromatic carbocycles. The maximum absolute atomic E-state index is 7.42. The Kier molecular flexibility index (Phi) is 4.87. The summed E-state index contributed by atoms with van der Waals surface area (Å²) in [5.74, 6) is 0.0176. The summed E-state index contributed by atoms with van der Waals surface area (Å²) < 4.78 is 5.68. The van der Waals surface area contributed by atoms with Crippen LogP contribution in [0, 0.1) is 5.41 Å². The van der Waals surface area contributed by atoms with Crippen molar-refractivity contribution < 1.29 is 4.74 Å². The molecule has 0 aliphatic carbocycles. The smallest absolute Gasteiger partial charge is 0.141 e. The first-order valence-electron chi connectivity index (χ1n) is 6.82. The summed E-state index contributed by atoms with van der Waals surface area (Å²) in [5, 5.41) is 7.42. The summed E-state index contributed by atoms with van der Waals surface area (Å²) in [4.78, 5) is 6.44. The number of hydrogen-bond acceptors (Lipinski definition) is 4. The molecule has 5 nitrogen and oxygen atoms in total. The minimum atomic E-state index is 0.0176. The molecular weight excluding hydrogens is 240 g/mol. The predicted molar refractivity (Wildman–Crippen MR) is 75.2 cm³/mol. The van der Waals surface area contributed by atoms with E-state index in [2.05, 4.69) is 16.8 Å². The minimum absolute atomic E-state index is 0.0176. The molecule has 1 saturated heterocycles. The molecule has 1 aliphatic heterocycles. The van der Waals surface area contributed by atoms with Crippen molar-refractivity contribution in [2.45, 2.75) is 32.4 Å². The number of ether oxygens (including phenoxy) is 1. The van der Waals surface area contributed by atoms with Gasteiger partial charge in [-0.05, 0) is 37.1 Å². The van der Waals surface area contributed by atoms with Crippen molar-refractivity contribution in [3.63, 3.8) is 0 Å². The van der Waals surface area contributed by atoms with Crippen molar-refractivity contribution in [1.82, 2.24) is 9.88 Å². The molecule has 1 fully saturated rings. The number of hydrogen-bond donors (Lipinski definition) is 2. The number of nitrogens with two attached hydrogens (primary N) is 1. The summed E-state index contributed by atoms with van der Waals surface area (Å²) in [7, 11) is 0. The molecule has 1 aromatic rings. The van der Waals surface area contributed by atoms with E-state index in [0.29, 0.717) is 11.8 Å². The van der Waals surface area contributed by atoms with Gasteiger partial charge in [0.25, 0.3) is 0 Å². The third-order valence-corrected chi connectivity index (χ3v) is 3.44. The van der Waals surface area contributed by atoms with Crippen LogP contribution in [0.25, 0.3) is 0 Å². The van der Waals surface area contributed by atoms with Gasteiger partial charge in [0.15, 0.2) is 0 Å². The Morgan fingerprint density at radius 1 is 1.63 bits per heavy atom. The van der Waals surface area contributed by atoms with Gasteiger partial charge in [-0.25, -0.2) is 0 Å². The fourth-order valence-electron chi connectivity index (χ4n) is 2.36. The van der Waals surface area contributed by atoms with Crippen LogP contribution in [0.2, 0.25) is 0 Å². The molecule has 5 heteroatoms. The zero-order chi connectivity index (χ0) is 13.7. The van der Waals surface area contributed by atoms with Crippen LogP contribution in [0.5, 0.6) is 0 Å². The molecule has 0 spiro atoms. The molecule has 0 bridgehead atoms. The second-order valence-corrected chi connectivity index (χ2v) is 4.93. The molecule has 0 radical (unpaired) electrons. The highest BCUT2D eigenvalue weighted by atomic mass is 16.5. The molecule has 3 N–H and O–H groups in total. The van der Waals surface area contributed by atoms with Gasteiger partial charge in [-0.1, -0.05) is 6.92 Å². The van der Waals surface area contributed by atoms with Gasteiger partial charge in [0, 0.05) is 25.9 Å². The normalized spacial score (nSPS) is 18.9. The van der Waals surface area contributed by atoms with E-state index in [1.54, 1.807) is 6.20 Å². The largest absolute Gasteiger partial charge is 0.382 e. The third kappa shape index (κ3) is 4.01. The van der Waals surface area contributed by atoms with Crippen LogP contribution < -0.4 is 5.73 Å². The molecular formula is C14H22N4O. The second-order valence-electron chi connectivity index (χ2n) is 4.93. The van der Waals surface area contributed by atoms with Gasteiger partial charge >= 0.3 is 0 Å². The Hall–Kier alpha value is -1.46. The fourth-order valence-corrected chi connectivity index (χ4v) is 2.36. The molecule has 2 heterocycles. The zero-order valence-electron chi connectivity index (χ0n) is 11.4. The highest BCUT2D eigenvalue weighted by Crippen LogP contribution is 2.15. The Bertz CT molecular complexity index is 429. The highest BCUT2D eigenvalue weighted by molar-refractivity contribution is 5.93. The Balaban J connectivity index is 1.96. The minimum Gasteiger partial charge on any atom is -0.382 e. The molecule has 0 saturated carbocycles. The number of nitrogens with one attached hydrogen (secondary N) is 1. The first-order valence-corrected chi connectivity index (χ1v) is 6.82. The Morgan fingerprint density at radius 3 is 3.11 bits per heavy atom. The number of likely N-dealkylation sites (N-methyl/N-ethyl adjacent to an activating group) is 1. The van der Waals surface area contributed by atoms with Crippen LogP contribution in [-0.2, 0) is 11.3 Å².